The smallest absolute Gasteiger partial charge is 0.264 e. The molecule has 0 spiro atoms. The summed E-state index contributed by atoms with van der Waals surface area (Å²) in [4.78, 5) is 28.4. The topological polar surface area (TPSA) is 68.3 Å². The van der Waals surface area contributed by atoms with Crippen molar-refractivity contribution < 1.29 is 14.3 Å². The Labute approximate surface area is 159 Å². The number of nitrogens with one attached hydrogen (secondary N) is 1. The SMILES string of the molecule is Cc1csc(NC(=O)COc2ccc(C(=O)c3ccc(Cl)cc3)cc2)n1. The molecule has 0 bridgehead atoms. The van der Waals surface area contributed by atoms with Gasteiger partial charge in [-0.25, -0.2) is 4.98 Å². The van der Waals surface area contributed by atoms with Crippen LogP contribution in [0.2, 0.25) is 5.02 Å². The second-order valence-corrected chi connectivity index (χ2v) is 6.79. The van der Waals surface area contributed by atoms with Crippen molar-refractivity contribution in [2.45, 2.75) is 6.92 Å². The third-order valence-electron chi connectivity index (χ3n) is 3.46. The van der Waals surface area contributed by atoms with Gasteiger partial charge in [0, 0.05) is 21.5 Å². The molecule has 1 N–H and O–H groups in total. The number of halogens is 1. The number of ketones is 1. The minimum atomic E-state index is -0.291. The molecule has 7 heteroatoms. The van der Waals surface area contributed by atoms with Crippen LogP contribution in [0.5, 0.6) is 5.75 Å². The molecule has 5 nitrogen and oxygen atoms in total. The fraction of sp³-hybridized carbons (Fsp3) is 0.105. The summed E-state index contributed by atoms with van der Waals surface area (Å²) in [6, 6.07) is 13.3. The van der Waals surface area contributed by atoms with E-state index in [1.807, 2.05) is 12.3 Å². The highest BCUT2D eigenvalue weighted by Crippen LogP contribution is 2.18. The summed E-state index contributed by atoms with van der Waals surface area (Å²) in [5.41, 5.74) is 1.94. The second kappa shape index (κ2) is 8.12. The number of rotatable bonds is 6. The summed E-state index contributed by atoms with van der Waals surface area (Å²) in [6.07, 6.45) is 0. The number of carbonyl (C=O) groups is 2. The zero-order valence-corrected chi connectivity index (χ0v) is 15.4. The van der Waals surface area contributed by atoms with E-state index in [1.54, 1.807) is 48.5 Å². The molecule has 0 unspecified atom stereocenters. The lowest BCUT2D eigenvalue weighted by Crippen LogP contribution is -2.20. The van der Waals surface area contributed by atoms with Crippen LogP contribution >= 0.6 is 22.9 Å². The number of nitrogens with zero attached hydrogens (tertiary/aromatic N) is 1. The first-order valence-corrected chi connectivity index (χ1v) is 9.02. The van der Waals surface area contributed by atoms with Gasteiger partial charge < -0.3 is 4.74 Å². The van der Waals surface area contributed by atoms with E-state index in [0.717, 1.165) is 5.69 Å². The predicted molar refractivity (Wildman–Crippen MR) is 102 cm³/mol. The maximum atomic E-state index is 12.4. The number of hydrogen-bond acceptors (Lipinski definition) is 5. The molecule has 1 aromatic heterocycles. The molecule has 1 heterocycles. The number of hydrogen-bond donors (Lipinski definition) is 1. The zero-order chi connectivity index (χ0) is 18.5. The molecule has 0 atom stereocenters. The summed E-state index contributed by atoms with van der Waals surface area (Å²) in [5.74, 6) is 0.105. The molecule has 0 aliphatic heterocycles. The van der Waals surface area contributed by atoms with Crippen LogP contribution < -0.4 is 10.1 Å². The van der Waals surface area contributed by atoms with E-state index in [4.69, 9.17) is 16.3 Å². The van der Waals surface area contributed by atoms with Crippen LogP contribution in [0.4, 0.5) is 5.13 Å². The van der Waals surface area contributed by atoms with Crippen LogP contribution in [0, 0.1) is 6.92 Å². The molecular weight excluding hydrogens is 372 g/mol. The van der Waals surface area contributed by atoms with Gasteiger partial charge in [-0.2, -0.15) is 0 Å². The van der Waals surface area contributed by atoms with Gasteiger partial charge in [-0.05, 0) is 55.5 Å². The first kappa shape index (κ1) is 18.1. The average Bonchev–Trinajstić information content (AvgIpc) is 3.05. The largest absolute Gasteiger partial charge is 0.484 e. The van der Waals surface area contributed by atoms with E-state index in [-0.39, 0.29) is 18.3 Å². The molecule has 0 aliphatic rings. The number of anilines is 1. The molecule has 3 aromatic rings. The zero-order valence-electron chi connectivity index (χ0n) is 13.9. The van der Waals surface area contributed by atoms with Crippen molar-refractivity contribution in [3.8, 4) is 5.75 Å². The summed E-state index contributed by atoms with van der Waals surface area (Å²) in [5, 5.41) is 5.64. The number of aryl methyl sites for hydroxylation is 1. The van der Waals surface area contributed by atoms with Crippen molar-refractivity contribution in [2.75, 3.05) is 11.9 Å². The fourth-order valence-corrected chi connectivity index (χ4v) is 3.02. The lowest BCUT2D eigenvalue weighted by molar-refractivity contribution is -0.118. The van der Waals surface area contributed by atoms with E-state index in [2.05, 4.69) is 10.3 Å². The molecule has 0 saturated heterocycles. The summed E-state index contributed by atoms with van der Waals surface area (Å²) < 4.78 is 5.44. The van der Waals surface area contributed by atoms with Crippen LogP contribution in [0.1, 0.15) is 21.6 Å². The Morgan fingerprint density at radius 2 is 1.69 bits per heavy atom. The molecule has 0 aliphatic carbocycles. The van der Waals surface area contributed by atoms with Gasteiger partial charge >= 0.3 is 0 Å². The number of aromatic nitrogens is 1. The van der Waals surface area contributed by atoms with Crippen molar-refractivity contribution in [2.24, 2.45) is 0 Å². The standard InChI is InChI=1S/C19H15ClN2O3S/c1-12-11-26-19(21-12)22-17(23)10-25-16-8-4-14(5-9-16)18(24)13-2-6-15(20)7-3-13/h2-9,11H,10H2,1H3,(H,21,22,23). The minimum Gasteiger partial charge on any atom is -0.484 e. The van der Waals surface area contributed by atoms with Crippen LogP contribution in [-0.2, 0) is 4.79 Å². The van der Waals surface area contributed by atoms with Gasteiger partial charge in [0.2, 0.25) is 0 Å². The van der Waals surface area contributed by atoms with Crippen molar-refractivity contribution in [3.05, 3.63) is 75.8 Å². The van der Waals surface area contributed by atoms with Gasteiger partial charge in [0.15, 0.2) is 17.5 Å². The fourth-order valence-electron chi connectivity index (χ4n) is 2.19. The van der Waals surface area contributed by atoms with Crippen molar-refractivity contribution in [1.29, 1.82) is 0 Å². The normalized spacial score (nSPS) is 10.4. The van der Waals surface area contributed by atoms with Crippen LogP contribution in [0.3, 0.4) is 0 Å². The predicted octanol–water partition coefficient (Wildman–Crippen LogP) is 4.35. The molecule has 0 radical (unpaired) electrons. The van der Waals surface area contributed by atoms with Gasteiger partial charge in [0.05, 0.1) is 5.69 Å². The number of ether oxygens (including phenoxy) is 1. The molecule has 0 saturated carbocycles. The Morgan fingerprint density at radius 3 is 2.27 bits per heavy atom. The van der Waals surface area contributed by atoms with Crippen LogP contribution in [-0.4, -0.2) is 23.3 Å². The highest BCUT2D eigenvalue weighted by molar-refractivity contribution is 7.13. The molecule has 0 fully saturated rings. The van der Waals surface area contributed by atoms with Crippen LogP contribution in [0.25, 0.3) is 0 Å². The van der Waals surface area contributed by atoms with E-state index in [0.29, 0.717) is 27.0 Å². The Kier molecular flexibility index (Phi) is 5.65. The van der Waals surface area contributed by atoms with E-state index in [9.17, 15) is 9.59 Å². The Hall–Kier alpha value is -2.70. The number of thiazole rings is 1. The Bertz CT molecular complexity index is 921. The molecule has 1 amide bonds. The molecule has 26 heavy (non-hydrogen) atoms. The highest BCUT2D eigenvalue weighted by Gasteiger charge is 2.10. The van der Waals surface area contributed by atoms with E-state index in [1.165, 1.54) is 11.3 Å². The highest BCUT2D eigenvalue weighted by atomic mass is 35.5. The molecule has 132 valence electrons. The quantitative estimate of drug-likeness (QED) is 0.639. The molecule has 3 rings (SSSR count). The van der Waals surface area contributed by atoms with Gasteiger partial charge in [-0.1, -0.05) is 11.6 Å². The lowest BCUT2D eigenvalue weighted by atomic mass is 10.0. The summed E-state index contributed by atoms with van der Waals surface area (Å²) >= 11 is 7.19. The van der Waals surface area contributed by atoms with Gasteiger partial charge in [-0.3, -0.25) is 14.9 Å². The monoisotopic (exact) mass is 386 g/mol. The summed E-state index contributed by atoms with van der Waals surface area (Å²) in [7, 11) is 0. The van der Waals surface area contributed by atoms with Crippen molar-refractivity contribution in [1.82, 2.24) is 4.98 Å². The Morgan fingerprint density at radius 1 is 1.08 bits per heavy atom. The maximum Gasteiger partial charge on any atom is 0.264 e. The van der Waals surface area contributed by atoms with E-state index < -0.39 is 0 Å². The first-order valence-electron chi connectivity index (χ1n) is 7.76. The average molecular weight is 387 g/mol. The van der Waals surface area contributed by atoms with Gasteiger partial charge in [-0.15, -0.1) is 11.3 Å². The number of benzene rings is 2. The Balaban J connectivity index is 1.56. The number of carbonyl (C=O) groups excluding carboxylic acids is 2. The first-order chi connectivity index (χ1) is 12.5. The van der Waals surface area contributed by atoms with Crippen LogP contribution in [0.15, 0.2) is 53.9 Å². The van der Waals surface area contributed by atoms with Gasteiger partial charge in [0.1, 0.15) is 5.75 Å². The third-order valence-corrected chi connectivity index (χ3v) is 4.59. The van der Waals surface area contributed by atoms with Crippen molar-refractivity contribution >= 4 is 39.8 Å². The molecular formula is C19H15ClN2O3S. The second-order valence-electron chi connectivity index (χ2n) is 5.49. The van der Waals surface area contributed by atoms with Gasteiger partial charge in [0.25, 0.3) is 5.91 Å². The lowest BCUT2D eigenvalue weighted by Gasteiger charge is -2.07. The third kappa shape index (κ3) is 4.68. The van der Waals surface area contributed by atoms with E-state index >= 15 is 0 Å². The summed E-state index contributed by atoms with van der Waals surface area (Å²) in [6.45, 7) is 1.72. The maximum absolute atomic E-state index is 12.4. The number of amides is 1. The molecule has 2 aromatic carbocycles. The minimum absolute atomic E-state index is 0.106. The van der Waals surface area contributed by atoms with Crippen molar-refractivity contribution in [3.63, 3.8) is 0 Å².